The number of hydrogen-bond donors (Lipinski definition) is 2. The Morgan fingerprint density at radius 1 is 1.36 bits per heavy atom. The Balaban J connectivity index is 1.80. The molecular weight excluding hydrogens is 298 g/mol. The minimum absolute atomic E-state index is 0.0599. The third kappa shape index (κ3) is 3.17. The lowest BCUT2D eigenvalue weighted by molar-refractivity contribution is -0.117. The van der Waals surface area contributed by atoms with Crippen LogP contribution in [0.3, 0.4) is 0 Å². The predicted octanol–water partition coefficient (Wildman–Crippen LogP) is 4.56. The van der Waals surface area contributed by atoms with Crippen molar-refractivity contribution >= 4 is 23.2 Å². The fourth-order valence-electron chi connectivity index (χ4n) is 3.10. The second kappa shape index (κ2) is 6.53. The number of aryl methyl sites for hydroxylation is 1. The van der Waals surface area contributed by atoms with E-state index >= 15 is 0 Å². The zero-order chi connectivity index (χ0) is 15.5. The topological polar surface area (TPSA) is 57.8 Å². The lowest BCUT2D eigenvalue weighted by atomic mass is 10.0. The monoisotopic (exact) mass is 317 g/mol. The first-order valence-electron chi connectivity index (χ1n) is 7.75. The summed E-state index contributed by atoms with van der Waals surface area (Å²) in [4.78, 5) is 12.3. The van der Waals surface area contributed by atoms with Gasteiger partial charge in [0.15, 0.2) is 0 Å². The number of nitrogens with zero attached hydrogens (tertiary/aromatic N) is 1. The maximum absolute atomic E-state index is 12.3. The summed E-state index contributed by atoms with van der Waals surface area (Å²) in [6.45, 7) is 1.90. The SMILES string of the molecule is Cc1[nH]nc(-c2ccccc2Cl)c1NC(=O)CC1CCCC1. The van der Waals surface area contributed by atoms with Crippen LogP contribution in [0.15, 0.2) is 24.3 Å². The van der Waals surface area contributed by atoms with Gasteiger partial charge >= 0.3 is 0 Å². The van der Waals surface area contributed by atoms with Gasteiger partial charge in [0, 0.05) is 12.0 Å². The van der Waals surface area contributed by atoms with Crippen LogP contribution in [0.1, 0.15) is 37.8 Å². The Morgan fingerprint density at radius 2 is 2.09 bits per heavy atom. The number of rotatable bonds is 4. The van der Waals surface area contributed by atoms with Crippen molar-refractivity contribution in [2.75, 3.05) is 5.32 Å². The van der Waals surface area contributed by atoms with Gasteiger partial charge in [0.2, 0.25) is 5.91 Å². The lowest BCUT2D eigenvalue weighted by Gasteiger charge is -2.11. The first-order chi connectivity index (χ1) is 10.6. The van der Waals surface area contributed by atoms with Crippen LogP contribution in [0.4, 0.5) is 5.69 Å². The number of carbonyl (C=O) groups is 1. The molecule has 1 saturated carbocycles. The van der Waals surface area contributed by atoms with Crippen molar-refractivity contribution in [1.29, 1.82) is 0 Å². The highest BCUT2D eigenvalue weighted by Gasteiger charge is 2.21. The van der Waals surface area contributed by atoms with Crippen LogP contribution < -0.4 is 5.32 Å². The Kier molecular flexibility index (Phi) is 4.48. The molecular formula is C17H20ClN3O. The number of anilines is 1. The van der Waals surface area contributed by atoms with E-state index in [1.165, 1.54) is 12.8 Å². The van der Waals surface area contributed by atoms with E-state index in [1.54, 1.807) is 0 Å². The fourth-order valence-corrected chi connectivity index (χ4v) is 3.32. The van der Waals surface area contributed by atoms with Gasteiger partial charge in [-0.2, -0.15) is 5.10 Å². The molecule has 2 aromatic rings. The van der Waals surface area contributed by atoms with E-state index in [0.717, 1.165) is 29.8 Å². The number of hydrogen-bond acceptors (Lipinski definition) is 2. The lowest BCUT2D eigenvalue weighted by Crippen LogP contribution is -2.15. The molecule has 0 atom stereocenters. The summed E-state index contributed by atoms with van der Waals surface area (Å²) in [6.07, 6.45) is 5.40. The highest BCUT2D eigenvalue weighted by atomic mass is 35.5. The number of aromatic nitrogens is 2. The number of halogens is 1. The molecule has 5 heteroatoms. The summed E-state index contributed by atoms with van der Waals surface area (Å²) in [5.74, 6) is 0.584. The third-order valence-corrected chi connectivity index (χ3v) is 4.62. The first-order valence-corrected chi connectivity index (χ1v) is 8.12. The maximum Gasteiger partial charge on any atom is 0.224 e. The molecule has 4 nitrogen and oxygen atoms in total. The number of amides is 1. The van der Waals surface area contributed by atoms with Crippen molar-refractivity contribution in [3.63, 3.8) is 0 Å². The van der Waals surface area contributed by atoms with Crippen molar-refractivity contribution in [2.24, 2.45) is 5.92 Å². The van der Waals surface area contributed by atoms with E-state index in [9.17, 15) is 4.79 Å². The molecule has 22 heavy (non-hydrogen) atoms. The molecule has 116 valence electrons. The molecule has 1 amide bonds. The summed E-state index contributed by atoms with van der Waals surface area (Å²) in [5, 5.41) is 10.9. The van der Waals surface area contributed by atoms with Crippen molar-refractivity contribution in [3.05, 3.63) is 35.0 Å². The Labute approximate surface area is 135 Å². The number of nitrogens with one attached hydrogen (secondary N) is 2. The Morgan fingerprint density at radius 3 is 2.82 bits per heavy atom. The average molecular weight is 318 g/mol. The minimum atomic E-state index is 0.0599. The van der Waals surface area contributed by atoms with Gasteiger partial charge in [-0.25, -0.2) is 0 Å². The molecule has 0 saturated heterocycles. The Bertz CT molecular complexity index is 674. The second-order valence-electron chi connectivity index (χ2n) is 5.95. The number of H-pyrrole nitrogens is 1. The molecule has 0 radical (unpaired) electrons. The molecule has 1 aliphatic carbocycles. The molecule has 3 rings (SSSR count). The molecule has 0 bridgehead atoms. The van der Waals surface area contributed by atoms with Crippen LogP contribution in [0.5, 0.6) is 0 Å². The standard InChI is InChI=1S/C17H20ClN3O/c1-11-16(19-15(22)10-12-6-2-3-7-12)17(21-20-11)13-8-4-5-9-14(13)18/h4-5,8-9,12H,2-3,6-7,10H2,1H3,(H,19,22)(H,20,21). The number of aromatic amines is 1. The van der Waals surface area contributed by atoms with Crippen LogP contribution in [0, 0.1) is 12.8 Å². The van der Waals surface area contributed by atoms with Crippen LogP contribution in [-0.2, 0) is 4.79 Å². The molecule has 1 aromatic carbocycles. The van der Waals surface area contributed by atoms with Crippen LogP contribution in [0.25, 0.3) is 11.3 Å². The van der Waals surface area contributed by atoms with E-state index < -0.39 is 0 Å². The molecule has 1 fully saturated rings. The number of benzene rings is 1. The molecule has 2 N–H and O–H groups in total. The highest BCUT2D eigenvalue weighted by Crippen LogP contribution is 2.34. The van der Waals surface area contributed by atoms with Gasteiger partial charge < -0.3 is 5.32 Å². The molecule has 1 aromatic heterocycles. The molecule has 1 aliphatic rings. The van der Waals surface area contributed by atoms with Gasteiger partial charge in [0.25, 0.3) is 0 Å². The first kappa shape index (κ1) is 15.1. The molecule has 0 unspecified atom stereocenters. The van der Waals surface area contributed by atoms with Gasteiger partial charge in [0.1, 0.15) is 5.69 Å². The highest BCUT2D eigenvalue weighted by molar-refractivity contribution is 6.33. The summed E-state index contributed by atoms with van der Waals surface area (Å²) >= 11 is 6.25. The van der Waals surface area contributed by atoms with Crippen LogP contribution in [0.2, 0.25) is 5.02 Å². The smallest absolute Gasteiger partial charge is 0.224 e. The van der Waals surface area contributed by atoms with E-state index in [-0.39, 0.29) is 5.91 Å². The normalized spacial score (nSPS) is 15.2. The fraction of sp³-hybridized carbons (Fsp3) is 0.412. The molecule has 0 spiro atoms. The average Bonchev–Trinajstić information content (AvgIpc) is 3.11. The summed E-state index contributed by atoms with van der Waals surface area (Å²) in [5.41, 5.74) is 3.10. The zero-order valence-electron chi connectivity index (χ0n) is 12.7. The largest absolute Gasteiger partial charge is 0.323 e. The maximum atomic E-state index is 12.3. The van der Waals surface area contributed by atoms with Gasteiger partial charge in [-0.15, -0.1) is 0 Å². The Hall–Kier alpha value is -1.81. The van der Waals surface area contributed by atoms with Crippen molar-refractivity contribution < 1.29 is 4.79 Å². The van der Waals surface area contributed by atoms with E-state index in [4.69, 9.17) is 11.6 Å². The van der Waals surface area contributed by atoms with Crippen molar-refractivity contribution in [2.45, 2.75) is 39.0 Å². The van der Waals surface area contributed by atoms with E-state index in [2.05, 4.69) is 15.5 Å². The van der Waals surface area contributed by atoms with Gasteiger partial charge in [-0.3, -0.25) is 9.89 Å². The van der Waals surface area contributed by atoms with Crippen LogP contribution >= 0.6 is 11.6 Å². The van der Waals surface area contributed by atoms with E-state index in [1.807, 2.05) is 31.2 Å². The predicted molar refractivity (Wildman–Crippen MR) is 89.0 cm³/mol. The second-order valence-corrected chi connectivity index (χ2v) is 6.36. The summed E-state index contributed by atoms with van der Waals surface area (Å²) < 4.78 is 0. The van der Waals surface area contributed by atoms with Crippen LogP contribution in [-0.4, -0.2) is 16.1 Å². The molecule has 1 heterocycles. The molecule has 0 aliphatic heterocycles. The number of carbonyl (C=O) groups excluding carboxylic acids is 1. The quantitative estimate of drug-likeness (QED) is 0.868. The third-order valence-electron chi connectivity index (χ3n) is 4.29. The van der Waals surface area contributed by atoms with Gasteiger partial charge in [-0.05, 0) is 31.7 Å². The minimum Gasteiger partial charge on any atom is -0.323 e. The summed E-state index contributed by atoms with van der Waals surface area (Å²) in [7, 11) is 0. The van der Waals surface area contributed by atoms with Gasteiger partial charge in [0.05, 0.1) is 16.4 Å². The zero-order valence-corrected chi connectivity index (χ0v) is 13.4. The van der Waals surface area contributed by atoms with Crippen molar-refractivity contribution in [1.82, 2.24) is 10.2 Å². The van der Waals surface area contributed by atoms with Crippen molar-refractivity contribution in [3.8, 4) is 11.3 Å². The van der Waals surface area contributed by atoms with Gasteiger partial charge in [-0.1, -0.05) is 42.6 Å². The van der Waals surface area contributed by atoms with E-state index in [0.29, 0.717) is 23.1 Å². The summed E-state index contributed by atoms with van der Waals surface area (Å²) in [6, 6.07) is 7.52.